The summed E-state index contributed by atoms with van der Waals surface area (Å²) >= 11 is 7.85. The highest BCUT2D eigenvalue weighted by molar-refractivity contribution is 7.91. The van der Waals surface area contributed by atoms with Crippen molar-refractivity contribution in [1.29, 1.82) is 0 Å². The minimum absolute atomic E-state index is 0.0414. The maximum atomic E-state index is 12.8. The number of sulfone groups is 1. The lowest BCUT2D eigenvalue weighted by Gasteiger charge is -2.34. The lowest BCUT2D eigenvalue weighted by Crippen LogP contribution is -2.48. The number of aryl methyl sites for hydroxylation is 1. The molecular formula is C21H22ClN3O3S2. The van der Waals surface area contributed by atoms with E-state index in [1.54, 1.807) is 35.3 Å². The maximum absolute atomic E-state index is 12.8. The molecule has 9 heteroatoms. The zero-order valence-corrected chi connectivity index (χ0v) is 19.1. The normalized spacial score (nSPS) is 15.0. The van der Waals surface area contributed by atoms with Gasteiger partial charge in [0.05, 0.1) is 20.9 Å². The molecule has 2 aromatic carbocycles. The van der Waals surface area contributed by atoms with E-state index in [0.717, 1.165) is 20.9 Å². The number of carbonyl (C=O) groups excluding carboxylic acids is 1. The first-order chi connectivity index (χ1) is 14.3. The highest BCUT2D eigenvalue weighted by Gasteiger charge is 2.24. The highest BCUT2D eigenvalue weighted by Crippen LogP contribution is 2.33. The molecule has 3 aromatic rings. The average molecular weight is 464 g/mol. The van der Waals surface area contributed by atoms with Gasteiger partial charge in [0.15, 0.2) is 15.0 Å². The van der Waals surface area contributed by atoms with Crippen LogP contribution >= 0.6 is 22.9 Å². The fraction of sp³-hybridized carbons (Fsp3) is 0.333. The molecule has 1 amide bonds. The smallest absolute Gasteiger partial charge is 0.253 e. The molecule has 6 nitrogen and oxygen atoms in total. The predicted octanol–water partition coefficient (Wildman–Crippen LogP) is 4.01. The SMILES string of the molecule is CCS(=O)(=O)c1ccc(C(=O)N2CCN(c3nc4c(C)c(Cl)ccc4s3)CC2)cc1. The van der Waals surface area contributed by atoms with E-state index >= 15 is 0 Å². The molecule has 4 rings (SSSR count). The van der Waals surface area contributed by atoms with Crippen molar-refractivity contribution in [2.45, 2.75) is 18.7 Å². The Balaban J connectivity index is 1.44. The molecule has 0 atom stereocenters. The molecule has 1 saturated heterocycles. The molecule has 1 aliphatic heterocycles. The first kappa shape index (κ1) is 21.1. The van der Waals surface area contributed by atoms with Crippen molar-refractivity contribution >= 4 is 54.0 Å². The van der Waals surface area contributed by atoms with Crippen LogP contribution < -0.4 is 4.90 Å². The molecule has 0 N–H and O–H groups in total. The topological polar surface area (TPSA) is 70.6 Å². The number of halogens is 1. The minimum atomic E-state index is -3.27. The van der Waals surface area contributed by atoms with E-state index in [0.29, 0.717) is 36.8 Å². The molecule has 0 bridgehead atoms. The van der Waals surface area contributed by atoms with E-state index < -0.39 is 9.84 Å². The summed E-state index contributed by atoms with van der Waals surface area (Å²) in [5.41, 5.74) is 2.42. The molecule has 0 aliphatic carbocycles. The van der Waals surface area contributed by atoms with Crippen molar-refractivity contribution in [3.63, 3.8) is 0 Å². The van der Waals surface area contributed by atoms with Crippen LogP contribution in [-0.4, -0.2) is 56.1 Å². The number of benzene rings is 2. The summed E-state index contributed by atoms with van der Waals surface area (Å²) < 4.78 is 25.0. The average Bonchev–Trinajstić information content (AvgIpc) is 3.21. The van der Waals surface area contributed by atoms with Gasteiger partial charge in [-0.1, -0.05) is 29.9 Å². The Kier molecular flexibility index (Phi) is 5.74. The van der Waals surface area contributed by atoms with Crippen molar-refractivity contribution in [2.75, 3.05) is 36.8 Å². The number of piperazine rings is 1. The van der Waals surface area contributed by atoms with Crippen LogP contribution in [0, 0.1) is 6.92 Å². The summed E-state index contributed by atoms with van der Waals surface area (Å²) in [6.07, 6.45) is 0. The Bertz CT molecular complexity index is 1200. The molecule has 0 unspecified atom stereocenters. The van der Waals surface area contributed by atoms with Crippen molar-refractivity contribution in [3.8, 4) is 0 Å². The second-order valence-electron chi connectivity index (χ2n) is 7.22. The van der Waals surface area contributed by atoms with Gasteiger partial charge in [0.1, 0.15) is 0 Å². The molecule has 158 valence electrons. The van der Waals surface area contributed by atoms with Crippen molar-refractivity contribution in [3.05, 3.63) is 52.5 Å². The Morgan fingerprint density at radius 3 is 2.40 bits per heavy atom. The van der Waals surface area contributed by atoms with Gasteiger partial charge in [-0.15, -0.1) is 0 Å². The van der Waals surface area contributed by atoms with E-state index in [9.17, 15) is 13.2 Å². The van der Waals surface area contributed by atoms with Crippen LogP contribution in [0.2, 0.25) is 5.02 Å². The third kappa shape index (κ3) is 3.91. The fourth-order valence-corrected chi connectivity index (χ4v) is 5.59. The Hall–Kier alpha value is -2.16. The van der Waals surface area contributed by atoms with Gasteiger partial charge in [0.25, 0.3) is 5.91 Å². The van der Waals surface area contributed by atoms with Crippen LogP contribution in [0.25, 0.3) is 10.2 Å². The quantitative estimate of drug-likeness (QED) is 0.584. The molecule has 1 aromatic heterocycles. The van der Waals surface area contributed by atoms with Gasteiger partial charge in [-0.2, -0.15) is 0 Å². The number of nitrogens with zero attached hydrogens (tertiary/aromatic N) is 3. The number of hydrogen-bond donors (Lipinski definition) is 0. The molecular weight excluding hydrogens is 442 g/mol. The first-order valence-corrected chi connectivity index (χ1v) is 12.6. The second kappa shape index (κ2) is 8.17. The number of carbonyl (C=O) groups is 1. The third-order valence-corrected chi connectivity index (χ3v) is 8.66. The van der Waals surface area contributed by atoms with E-state index in [4.69, 9.17) is 16.6 Å². The molecule has 2 heterocycles. The Morgan fingerprint density at radius 1 is 1.10 bits per heavy atom. The van der Waals surface area contributed by atoms with Gasteiger partial charge in [0.2, 0.25) is 0 Å². The fourth-order valence-electron chi connectivity index (χ4n) is 3.48. The number of anilines is 1. The molecule has 1 fully saturated rings. The number of rotatable bonds is 4. The van der Waals surface area contributed by atoms with Gasteiger partial charge in [0, 0.05) is 36.8 Å². The van der Waals surface area contributed by atoms with Crippen LogP contribution in [-0.2, 0) is 9.84 Å². The van der Waals surface area contributed by atoms with E-state index in [1.807, 2.05) is 19.1 Å². The Morgan fingerprint density at radius 2 is 1.77 bits per heavy atom. The zero-order valence-electron chi connectivity index (χ0n) is 16.8. The molecule has 1 aliphatic rings. The number of hydrogen-bond acceptors (Lipinski definition) is 6. The van der Waals surface area contributed by atoms with Crippen LogP contribution in [0.3, 0.4) is 0 Å². The van der Waals surface area contributed by atoms with Crippen LogP contribution in [0.4, 0.5) is 5.13 Å². The highest BCUT2D eigenvalue weighted by atomic mass is 35.5. The lowest BCUT2D eigenvalue weighted by molar-refractivity contribution is 0.0746. The minimum Gasteiger partial charge on any atom is -0.345 e. The van der Waals surface area contributed by atoms with Gasteiger partial charge < -0.3 is 9.80 Å². The van der Waals surface area contributed by atoms with Gasteiger partial charge in [-0.3, -0.25) is 4.79 Å². The third-order valence-electron chi connectivity index (χ3n) is 5.41. The van der Waals surface area contributed by atoms with Gasteiger partial charge >= 0.3 is 0 Å². The summed E-state index contributed by atoms with van der Waals surface area (Å²) in [4.78, 5) is 21.8. The molecule has 0 saturated carbocycles. The van der Waals surface area contributed by atoms with Gasteiger partial charge in [-0.05, 0) is 48.9 Å². The standard InChI is InChI=1S/C21H22ClN3O3S2/c1-3-30(27,28)16-6-4-15(5-7-16)20(26)24-10-12-25(13-11-24)21-23-19-14(2)17(22)8-9-18(19)29-21/h4-9H,3,10-13H2,1-2H3. The summed E-state index contributed by atoms with van der Waals surface area (Å²) in [6.45, 7) is 6.14. The van der Waals surface area contributed by atoms with E-state index in [1.165, 1.54) is 12.1 Å². The molecule has 0 radical (unpaired) electrons. The van der Waals surface area contributed by atoms with Crippen LogP contribution in [0.5, 0.6) is 0 Å². The number of aromatic nitrogens is 1. The molecule has 0 spiro atoms. The van der Waals surface area contributed by atoms with Crippen molar-refractivity contribution in [2.24, 2.45) is 0 Å². The van der Waals surface area contributed by atoms with Crippen LogP contribution in [0.1, 0.15) is 22.8 Å². The number of thiazole rings is 1. The van der Waals surface area contributed by atoms with E-state index in [-0.39, 0.29) is 16.6 Å². The van der Waals surface area contributed by atoms with Crippen LogP contribution in [0.15, 0.2) is 41.3 Å². The summed E-state index contributed by atoms with van der Waals surface area (Å²) in [6, 6.07) is 10.1. The second-order valence-corrected chi connectivity index (χ2v) is 10.9. The Labute approximate surface area is 185 Å². The molecule has 30 heavy (non-hydrogen) atoms. The van der Waals surface area contributed by atoms with Gasteiger partial charge in [-0.25, -0.2) is 13.4 Å². The van der Waals surface area contributed by atoms with Crippen molar-refractivity contribution < 1.29 is 13.2 Å². The monoisotopic (exact) mass is 463 g/mol. The number of fused-ring (bicyclic) bond motifs is 1. The van der Waals surface area contributed by atoms with E-state index in [2.05, 4.69) is 4.90 Å². The summed E-state index contributed by atoms with van der Waals surface area (Å²) in [7, 11) is -3.27. The van der Waals surface area contributed by atoms with Crippen molar-refractivity contribution in [1.82, 2.24) is 9.88 Å². The zero-order chi connectivity index (χ0) is 21.5. The predicted molar refractivity (Wildman–Crippen MR) is 122 cm³/mol. The first-order valence-electron chi connectivity index (χ1n) is 9.73. The number of amides is 1. The lowest BCUT2D eigenvalue weighted by atomic mass is 10.2. The summed E-state index contributed by atoms with van der Waals surface area (Å²) in [5.74, 6) is -0.0400. The maximum Gasteiger partial charge on any atom is 0.253 e. The largest absolute Gasteiger partial charge is 0.345 e. The summed E-state index contributed by atoms with van der Waals surface area (Å²) in [5, 5.41) is 1.66.